The number of carbonyl (C=O) groups excluding carboxylic acids is 1. The van der Waals surface area contributed by atoms with Gasteiger partial charge in [-0.05, 0) is 13.0 Å². The third-order valence-corrected chi connectivity index (χ3v) is 4.58. The number of carbonyl (C=O) groups is 2. The molecule has 0 saturated carbocycles. The van der Waals surface area contributed by atoms with E-state index in [1.54, 1.807) is 18.7 Å². The first-order valence-corrected chi connectivity index (χ1v) is 7.77. The van der Waals surface area contributed by atoms with Gasteiger partial charge in [0.05, 0.1) is 18.5 Å². The zero-order valence-corrected chi connectivity index (χ0v) is 12.4. The van der Waals surface area contributed by atoms with Crippen molar-refractivity contribution in [3.05, 3.63) is 29.5 Å². The molecule has 1 aromatic carbocycles. The molecule has 0 amide bonds. The van der Waals surface area contributed by atoms with Crippen LogP contribution in [-0.2, 0) is 22.5 Å². The smallest absolute Gasteiger partial charge is 0.352 e. The lowest BCUT2D eigenvalue weighted by atomic mass is 10.1. The molecule has 1 aromatic heterocycles. The van der Waals surface area contributed by atoms with E-state index in [1.807, 2.05) is 22.8 Å². The zero-order chi connectivity index (χ0) is 15.0. The highest BCUT2D eigenvalue weighted by atomic mass is 32.2. The van der Waals surface area contributed by atoms with E-state index in [2.05, 4.69) is 0 Å². The van der Waals surface area contributed by atoms with E-state index in [0.717, 1.165) is 21.6 Å². The molecule has 0 fully saturated rings. The van der Waals surface area contributed by atoms with Crippen LogP contribution in [0.5, 0.6) is 0 Å². The molecule has 3 rings (SSSR count). The molecule has 110 valence electrons. The Hall–Kier alpha value is -1.95. The molecule has 1 aliphatic rings. The van der Waals surface area contributed by atoms with Gasteiger partial charge >= 0.3 is 11.9 Å². The number of ether oxygens (including phenoxy) is 1. The van der Waals surface area contributed by atoms with Crippen molar-refractivity contribution in [3.63, 3.8) is 0 Å². The Bertz CT molecular complexity index is 735. The Labute approximate surface area is 125 Å². The molecule has 6 heteroatoms. The van der Waals surface area contributed by atoms with Crippen molar-refractivity contribution in [1.29, 1.82) is 0 Å². The molecule has 0 atom stereocenters. The number of benzene rings is 1. The number of rotatable bonds is 4. The lowest BCUT2D eigenvalue weighted by Gasteiger charge is -2.16. The topological polar surface area (TPSA) is 68.5 Å². The van der Waals surface area contributed by atoms with Crippen molar-refractivity contribution in [2.75, 3.05) is 12.4 Å². The molecule has 0 bridgehead atoms. The standard InChI is InChI=1S/C15H15NO4S/c1-2-20-12(17)8-10-9-4-3-5-11-13(9)16(6-7-21-11)14(10)15(18)19/h3-5H,2,6-8H2,1H3,(H,18,19). The molecule has 1 aliphatic heterocycles. The molecule has 0 spiro atoms. The van der Waals surface area contributed by atoms with Crippen LogP contribution >= 0.6 is 11.8 Å². The van der Waals surface area contributed by atoms with Crippen LogP contribution in [0.4, 0.5) is 0 Å². The monoisotopic (exact) mass is 305 g/mol. The summed E-state index contributed by atoms with van der Waals surface area (Å²) < 4.78 is 6.79. The third kappa shape index (κ3) is 2.29. The summed E-state index contributed by atoms with van der Waals surface area (Å²) in [7, 11) is 0. The van der Waals surface area contributed by atoms with Crippen LogP contribution < -0.4 is 0 Å². The Morgan fingerprint density at radius 3 is 2.95 bits per heavy atom. The van der Waals surface area contributed by atoms with Gasteiger partial charge in [0, 0.05) is 28.1 Å². The van der Waals surface area contributed by atoms with Gasteiger partial charge in [0.25, 0.3) is 0 Å². The van der Waals surface area contributed by atoms with Gasteiger partial charge in [0.1, 0.15) is 5.69 Å². The first-order valence-electron chi connectivity index (χ1n) is 6.79. The quantitative estimate of drug-likeness (QED) is 0.879. The molecular weight excluding hydrogens is 290 g/mol. The van der Waals surface area contributed by atoms with Gasteiger partial charge < -0.3 is 14.4 Å². The summed E-state index contributed by atoms with van der Waals surface area (Å²) in [6.07, 6.45) is -0.00685. The van der Waals surface area contributed by atoms with Crippen molar-refractivity contribution in [2.24, 2.45) is 0 Å². The maximum Gasteiger partial charge on any atom is 0.352 e. The number of aromatic carboxylic acids is 1. The maximum absolute atomic E-state index is 11.8. The van der Waals surface area contributed by atoms with Gasteiger partial charge in [-0.2, -0.15) is 0 Å². The Kier molecular flexibility index (Phi) is 3.63. The minimum atomic E-state index is -0.997. The SMILES string of the molecule is CCOC(=O)Cc1c(C(=O)O)n2c3c(cccc13)SCC2. The van der Waals surface area contributed by atoms with Crippen LogP contribution in [0.2, 0.25) is 0 Å². The molecule has 1 N–H and O–H groups in total. The van der Waals surface area contributed by atoms with Crippen LogP contribution in [0.25, 0.3) is 10.9 Å². The average Bonchev–Trinajstić information content (AvgIpc) is 2.76. The minimum absolute atomic E-state index is 0.00685. The lowest BCUT2D eigenvalue weighted by Crippen LogP contribution is -2.16. The second kappa shape index (κ2) is 5.44. The molecule has 21 heavy (non-hydrogen) atoms. The largest absolute Gasteiger partial charge is 0.477 e. The molecule has 2 aromatic rings. The van der Waals surface area contributed by atoms with Crippen LogP contribution in [0.15, 0.2) is 23.1 Å². The molecule has 0 saturated heterocycles. The fraction of sp³-hybridized carbons (Fsp3) is 0.333. The number of hydrogen-bond donors (Lipinski definition) is 1. The van der Waals surface area contributed by atoms with E-state index in [4.69, 9.17) is 4.74 Å². The summed E-state index contributed by atoms with van der Waals surface area (Å²) in [5, 5.41) is 10.4. The second-order valence-electron chi connectivity index (χ2n) is 4.77. The number of para-hydroxylation sites is 1. The van der Waals surface area contributed by atoms with Crippen LogP contribution in [0.1, 0.15) is 23.0 Å². The average molecular weight is 305 g/mol. The van der Waals surface area contributed by atoms with Crippen molar-refractivity contribution >= 4 is 34.6 Å². The fourth-order valence-electron chi connectivity index (χ4n) is 2.81. The highest BCUT2D eigenvalue weighted by molar-refractivity contribution is 7.99. The Balaban J connectivity index is 2.22. The van der Waals surface area contributed by atoms with Crippen molar-refractivity contribution in [2.45, 2.75) is 24.8 Å². The molecule has 0 unspecified atom stereocenters. The summed E-state index contributed by atoms with van der Waals surface area (Å²) in [5.41, 5.74) is 1.69. The Morgan fingerprint density at radius 2 is 2.24 bits per heavy atom. The normalized spacial score (nSPS) is 13.4. The predicted molar refractivity (Wildman–Crippen MR) is 80.0 cm³/mol. The number of nitrogens with zero attached hydrogens (tertiary/aromatic N) is 1. The van der Waals surface area contributed by atoms with Crippen LogP contribution in [0, 0.1) is 0 Å². The van der Waals surface area contributed by atoms with E-state index in [-0.39, 0.29) is 12.1 Å². The van der Waals surface area contributed by atoms with E-state index >= 15 is 0 Å². The number of hydrogen-bond acceptors (Lipinski definition) is 4. The zero-order valence-electron chi connectivity index (χ0n) is 11.6. The van der Waals surface area contributed by atoms with Crippen molar-refractivity contribution in [3.8, 4) is 0 Å². The van der Waals surface area contributed by atoms with Crippen molar-refractivity contribution < 1.29 is 19.4 Å². The number of thioether (sulfide) groups is 1. The highest BCUT2D eigenvalue weighted by Gasteiger charge is 2.27. The summed E-state index contributed by atoms with van der Waals surface area (Å²) in [5.74, 6) is -0.556. The molecule has 0 radical (unpaired) electrons. The van der Waals surface area contributed by atoms with Gasteiger partial charge in [-0.1, -0.05) is 12.1 Å². The van der Waals surface area contributed by atoms with Crippen LogP contribution in [0.3, 0.4) is 0 Å². The first kappa shape index (κ1) is 14.0. The number of esters is 1. The van der Waals surface area contributed by atoms with Crippen LogP contribution in [-0.4, -0.2) is 34.0 Å². The number of carboxylic acids is 1. The van der Waals surface area contributed by atoms with E-state index < -0.39 is 11.9 Å². The van der Waals surface area contributed by atoms with Gasteiger partial charge in [-0.15, -0.1) is 11.8 Å². The predicted octanol–water partition coefficient (Wildman–Crippen LogP) is 2.55. The van der Waals surface area contributed by atoms with E-state index in [1.165, 1.54) is 0 Å². The van der Waals surface area contributed by atoms with Gasteiger partial charge in [0.2, 0.25) is 0 Å². The van der Waals surface area contributed by atoms with Gasteiger partial charge in [-0.25, -0.2) is 4.79 Å². The lowest BCUT2D eigenvalue weighted by molar-refractivity contribution is -0.142. The summed E-state index contributed by atoms with van der Waals surface area (Å²) in [6, 6.07) is 5.77. The minimum Gasteiger partial charge on any atom is -0.477 e. The van der Waals surface area contributed by atoms with E-state index in [0.29, 0.717) is 18.7 Å². The number of aromatic nitrogens is 1. The third-order valence-electron chi connectivity index (χ3n) is 3.55. The number of aryl methyl sites for hydroxylation is 1. The summed E-state index contributed by atoms with van der Waals surface area (Å²) in [4.78, 5) is 24.5. The van der Waals surface area contributed by atoms with Gasteiger partial charge in [-0.3, -0.25) is 4.79 Å². The fourth-order valence-corrected chi connectivity index (χ4v) is 3.84. The van der Waals surface area contributed by atoms with Crippen molar-refractivity contribution in [1.82, 2.24) is 4.57 Å². The summed E-state index contributed by atoms with van der Waals surface area (Å²) >= 11 is 1.71. The molecule has 2 heterocycles. The highest BCUT2D eigenvalue weighted by Crippen LogP contribution is 2.37. The maximum atomic E-state index is 11.8. The second-order valence-corrected chi connectivity index (χ2v) is 5.90. The molecule has 5 nitrogen and oxygen atoms in total. The van der Waals surface area contributed by atoms with E-state index in [9.17, 15) is 14.7 Å². The molecular formula is C15H15NO4S. The summed E-state index contributed by atoms with van der Waals surface area (Å²) in [6.45, 7) is 2.67. The first-order chi connectivity index (χ1) is 10.1. The number of carboxylic acid groups (broad SMARTS) is 1. The Morgan fingerprint density at radius 1 is 1.43 bits per heavy atom. The molecule has 0 aliphatic carbocycles. The van der Waals surface area contributed by atoms with Gasteiger partial charge in [0.15, 0.2) is 0 Å².